The fraction of sp³-hybridized carbons (Fsp3) is 0.529. The highest BCUT2D eigenvalue weighted by Gasteiger charge is 2.33. The van der Waals surface area contributed by atoms with Crippen LogP contribution in [0.5, 0.6) is 5.75 Å². The molecule has 2 amide bonds. The lowest BCUT2D eigenvalue weighted by atomic mass is 10.1. The van der Waals surface area contributed by atoms with Gasteiger partial charge in [-0.15, -0.1) is 11.6 Å². The second kappa shape index (κ2) is 8.77. The summed E-state index contributed by atoms with van der Waals surface area (Å²) in [4.78, 5) is 25.8. The van der Waals surface area contributed by atoms with Crippen LogP contribution in [0.3, 0.4) is 0 Å². The van der Waals surface area contributed by atoms with Crippen LogP contribution in [0.25, 0.3) is 0 Å². The van der Waals surface area contributed by atoms with Gasteiger partial charge in [0, 0.05) is 6.54 Å². The zero-order valence-corrected chi connectivity index (χ0v) is 14.1. The van der Waals surface area contributed by atoms with Crippen molar-refractivity contribution in [2.45, 2.75) is 38.7 Å². The number of ether oxygens (including phenoxy) is 1. The monoisotopic (exact) mass is 338 g/mol. The molecule has 0 fully saturated rings. The molecule has 0 bridgehead atoms. The molecule has 0 aromatic heterocycles. The van der Waals surface area contributed by atoms with E-state index in [0.717, 1.165) is 19.3 Å². The fourth-order valence-electron chi connectivity index (χ4n) is 2.56. The third-order valence-electron chi connectivity index (χ3n) is 3.81. The lowest BCUT2D eigenvalue weighted by Gasteiger charge is -2.33. The smallest absolute Gasteiger partial charge is 0.262 e. The van der Waals surface area contributed by atoms with Crippen LogP contribution in [0, 0.1) is 0 Å². The largest absolute Gasteiger partial charge is 0.477 e. The average Bonchev–Trinajstić information content (AvgIpc) is 2.59. The van der Waals surface area contributed by atoms with Crippen LogP contribution in [0.2, 0.25) is 0 Å². The Morgan fingerprint density at radius 2 is 2.09 bits per heavy atom. The molecule has 1 N–H and O–H groups in total. The van der Waals surface area contributed by atoms with Gasteiger partial charge in [0.2, 0.25) is 5.91 Å². The predicted molar refractivity (Wildman–Crippen MR) is 91.1 cm³/mol. The molecule has 1 unspecified atom stereocenters. The van der Waals surface area contributed by atoms with Crippen LogP contribution in [0.4, 0.5) is 5.69 Å². The van der Waals surface area contributed by atoms with E-state index in [9.17, 15) is 9.59 Å². The molecular formula is C17H23ClN2O3. The molecule has 0 saturated heterocycles. The second-order valence-electron chi connectivity index (χ2n) is 5.56. The molecule has 1 aliphatic rings. The number of halogens is 1. The van der Waals surface area contributed by atoms with E-state index in [1.54, 1.807) is 12.1 Å². The molecule has 0 aliphatic carbocycles. The number of anilines is 1. The first-order chi connectivity index (χ1) is 11.2. The summed E-state index contributed by atoms with van der Waals surface area (Å²) in [6, 6.07) is 7.18. The van der Waals surface area contributed by atoms with Crippen LogP contribution >= 0.6 is 11.6 Å². The summed E-state index contributed by atoms with van der Waals surface area (Å²) in [5.41, 5.74) is 0.658. The summed E-state index contributed by atoms with van der Waals surface area (Å²) < 4.78 is 5.75. The third-order valence-corrected chi connectivity index (χ3v) is 4.04. The SMILES string of the molecule is CCCCCCNC(=O)C1CN(C(=O)CCl)c2ccccc2O1. The van der Waals surface area contributed by atoms with Crippen LogP contribution in [-0.4, -0.2) is 36.9 Å². The van der Waals surface area contributed by atoms with Gasteiger partial charge in [0.05, 0.1) is 12.2 Å². The first-order valence-corrected chi connectivity index (χ1v) is 8.60. The number of amides is 2. The number of hydrogen-bond acceptors (Lipinski definition) is 3. The van der Waals surface area contributed by atoms with E-state index in [1.165, 1.54) is 11.3 Å². The number of para-hydroxylation sites is 2. The van der Waals surface area contributed by atoms with Crippen molar-refractivity contribution in [3.05, 3.63) is 24.3 Å². The minimum atomic E-state index is -0.705. The zero-order chi connectivity index (χ0) is 16.7. The molecule has 2 rings (SSSR count). The number of nitrogens with zero attached hydrogens (tertiary/aromatic N) is 1. The number of fused-ring (bicyclic) bond motifs is 1. The standard InChI is InChI=1S/C17H23ClN2O3/c1-2-3-4-7-10-19-17(22)15-12-20(16(21)11-18)13-8-5-6-9-14(13)23-15/h5-6,8-9,15H,2-4,7,10-12H2,1H3,(H,19,22). The molecular weight excluding hydrogens is 316 g/mol. The Labute approximate surface area is 141 Å². The molecule has 5 nitrogen and oxygen atoms in total. The average molecular weight is 339 g/mol. The Morgan fingerprint density at radius 1 is 1.30 bits per heavy atom. The summed E-state index contributed by atoms with van der Waals surface area (Å²) in [5.74, 6) is -0.0189. The Balaban J connectivity index is 1.99. The molecule has 1 aromatic carbocycles. The molecule has 1 heterocycles. The Bertz CT molecular complexity index is 550. The quantitative estimate of drug-likeness (QED) is 0.614. The number of benzene rings is 1. The van der Waals surface area contributed by atoms with E-state index >= 15 is 0 Å². The van der Waals surface area contributed by atoms with Gasteiger partial charge >= 0.3 is 0 Å². The van der Waals surface area contributed by atoms with Crippen molar-refractivity contribution in [3.63, 3.8) is 0 Å². The third kappa shape index (κ3) is 4.61. The molecule has 1 aromatic rings. The van der Waals surface area contributed by atoms with Crippen molar-refractivity contribution in [3.8, 4) is 5.75 Å². The number of carbonyl (C=O) groups excluding carboxylic acids is 2. The number of hydrogen-bond donors (Lipinski definition) is 1. The van der Waals surface area contributed by atoms with E-state index in [2.05, 4.69) is 12.2 Å². The van der Waals surface area contributed by atoms with Crippen molar-refractivity contribution in [1.29, 1.82) is 0 Å². The maximum Gasteiger partial charge on any atom is 0.262 e. The lowest BCUT2D eigenvalue weighted by Crippen LogP contribution is -2.51. The van der Waals surface area contributed by atoms with Gasteiger partial charge < -0.3 is 15.0 Å². The maximum absolute atomic E-state index is 12.3. The van der Waals surface area contributed by atoms with E-state index in [-0.39, 0.29) is 24.2 Å². The minimum absolute atomic E-state index is 0.125. The van der Waals surface area contributed by atoms with Gasteiger partial charge in [-0.2, -0.15) is 0 Å². The normalized spacial score (nSPS) is 16.4. The molecule has 0 saturated carbocycles. The molecule has 23 heavy (non-hydrogen) atoms. The van der Waals surface area contributed by atoms with Crippen molar-refractivity contribution >= 4 is 29.1 Å². The van der Waals surface area contributed by atoms with Crippen molar-refractivity contribution in [2.24, 2.45) is 0 Å². The highest BCUT2D eigenvalue weighted by atomic mass is 35.5. The number of unbranched alkanes of at least 4 members (excludes halogenated alkanes) is 3. The zero-order valence-electron chi connectivity index (χ0n) is 13.4. The van der Waals surface area contributed by atoms with E-state index < -0.39 is 6.10 Å². The summed E-state index contributed by atoms with van der Waals surface area (Å²) >= 11 is 5.68. The molecule has 126 valence electrons. The number of nitrogens with one attached hydrogen (secondary N) is 1. The predicted octanol–water partition coefficient (Wildman–Crippen LogP) is 2.72. The number of carbonyl (C=O) groups is 2. The second-order valence-corrected chi connectivity index (χ2v) is 5.83. The highest BCUT2D eigenvalue weighted by Crippen LogP contribution is 2.33. The summed E-state index contributed by atoms with van der Waals surface area (Å²) in [6.45, 7) is 2.96. The Kier molecular flexibility index (Phi) is 6.71. The molecule has 1 aliphatic heterocycles. The van der Waals surface area contributed by atoms with Crippen molar-refractivity contribution in [1.82, 2.24) is 5.32 Å². The summed E-state index contributed by atoms with van der Waals surface area (Å²) in [7, 11) is 0. The molecule has 0 radical (unpaired) electrons. The van der Waals surface area contributed by atoms with E-state index in [1.807, 2.05) is 12.1 Å². The lowest BCUT2D eigenvalue weighted by molar-refractivity contribution is -0.128. The van der Waals surface area contributed by atoms with Gasteiger partial charge in [0.1, 0.15) is 11.6 Å². The van der Waals surface area contributed by atoms with E-state index in [0.29, 0.717) is 18.0 Å². The summed E-state index contributed by atoms with van der Waals surface area (Å²) in [6.07, 6.45) is 3.67. The summed E-state index contributed by atoms with van der Waals surface area (Å²) in [5, 5.41) is 2.88. The fourth-order valence-corrected chi connectivity index (χ4v) is 2.70. The van der Waals surface area contributed by atoms with Gasteiger partial charge in [-0.25, -0.2) is 0 Å². The molecule has 6 heteroatoms. The van der Waals surface area contributed by atoms with Crippen LogP contribution < -0.4 is 15.0 Å². The minimum Gasteiger partial charge on any atom is -0.477 e. The Morgan fingerprint density at radius 3 is 2.83 bits per heavy atom. The molecule has 0 spiro atoms. The van der Waals surface area contributed by atoms with Crippen LogP contribution in [-0.2, 0) is 9.59 Å². The van der Waals surface area contributed by atoms with Crippen LogP contribution in [0.15, 0.2) is 24.3 Å². The first-order valence-electron chi connectivity index (χ1n) is 8.07. The Hall–Kier alpha value is -1.75. The van der Waals surface area contributed by atoms with Gasteiger partial charge in [-0.1, -0.05) is 38.3 Å². The van der Waals surface area contributed by atoms with Gasteiger partial charge in [0.25, 0.3) is 5.91 Å². The number of rotatable bonds is 7. The molecule has 1 atom stereocenters. The first kappa shape index (κ1) is 17.6. The maximum atomic E-state index is 12.3. The van der Waals surface area contributed by atoms with Crippen LogP contribution in [0.1, 0.15) is 32.6 Å². The highest BCUT2D eigenvalue weighted by molar-refractivity contribution is 6.29. The van der Waals surface area contributed by atoms with Gasteiger partial charge in [0.15, 0.2) is 6.10 Å². The van der Waals surface area contributed by atoms with E-state index in [4.69, 9.17) is 16.3 Å². The van der Waals surface area contributed by atoms with Crippen molar-refractivity contribution < 1.29 is 14.3 Å². The van der Waals surface area contributed by atoms with Gasteiger partial charge in [-0.3, -0.25) is 9.59 Å². The topological polar surface area (TPSA) is 58.6 Å². The van der Waals surface area contributed by atoms with Gasteiger partial charge in [-0.05, 0) is 18.6 Å². The number of alkyl halides is 1. The van der Waals surface area contributed by atoms with Crippen molar-refractivity contribution in [2.75, 3.05) is 23.9 Å².